The van der Waals surface area contributed by atoms with Gasteiger partial charge in [-0.05, 0) is 25.0 Å². The molecule has 0 unspecified atom stereocenters. The van der Waals surface area contributed by atoms with E-state index >= 15 is 0 Å². The van der Waals surface area contributed by atoms with Crippen LogP contribution in [-0.4, -0.2) is 19.6 Å². The summed E-state index contributed by atoms with van der Waals surface area (Å²) in [5, 5.41) is -0.415. The molecule has 1 saturated carbocycles. The van der Waals surface area contributed by atoms with Crippen molar-refractivity contribution in [3.05, 3.63) is 29.8 Å². The lowest BCUT2D eigenvalue weighted by molar-refractivity contribution is 0.0982. The molecule has 1 fully saturated rings. The maximum absolute atomic E-state index is 11.6. The molecule has 1 aliphatic rings. The van der Waals surface area contributed by atoms with E-state index in [0.29, 0.717) is 12.8 Å². The van der Waals surface area contributed by atoms with Gasteiger partial charge in [0.05, 0.1) is 10.8 Å². The predicted octanol–water partition coefficient (Wildman–Crippen LogP) is 0.491. The molecule has 1 aliphatic carbocycles. The Labute approximate surface area is 93.7 Å². The van der Waals surface area contributed by atoms with Crippen LogP contribution in [0, 0.1) is 0 Å². The van der Waals surface area contributed by atoms with E-state index < -0.39 is 21.2 Å². The van der Waals surface area contributed by atoms with Crippen LogP contribution in [0.15, 0.2) is 24.3 Å². The van der Waals surface area contributed by atoms with Crippen LogP contribution in [0.1, 0.15) is 23.2 Å². The fourth-order valence-corrected chi connectivity index (χ4v) is 2.64. The zero-order valence-corrected chi connectivity index (χ0v) is 9.33. The number of nitrogens with two attached hydrogens (primary N) is 1. The SMILES string of the molecule is Nc1ccccc1C(=O)NS(=O)(=O)C1CC1. The largest absolute Gasteiger partial charge is 0.398 e. The number of amides is 1. The predicted molar refractivity (Wildman–Crippen MR) is 60.3 cm³/mol. The molecule has 0 bridgehead atoms. The standard InChI is InChI=1S/C10H12N2O3S/c11-9-4-2-1-3-8(9)10(13)12-16(14,15)7-5-6-7/h1-4,7H,5-6,11H2,(H,12,13). The van der Waals surface area contributed by atoms with Gasteiger partial charge in [-0.2, -0.15) is 0 Å². The first-order chi connectivity index (χ1) is 7.50. The van der Waals surface area contributed by atoms with Crippen molar-refractivity contribution in [3.63, 3.8) is 0 Å². The summed E-state index contributed by atoms with van der Waals surface area (Å²) in [7, 11) is -3.51. The lowest BCUT2D eigenvalue weighted by Gasteiger charge is -2.07. The number of nitrogens with one attached hydrogen (secondary N) is 1. The van der Waals surface area contributed by atoms with Crippen LogP contribution in [0.5, 0.6) is 0 Å². The maximum Gasteiger partial charge on any atom is 0.266 e. The smallest absolute Gasteiger partial charge is 0.266 e. The van der Waals surface area contributed by atoms with E-state index in [1.54, 1.807) is 18.2 Å². The van der Waals surface area contributed by atoms with Crippen molar-refractivity contribution >= 4 is 21.6 Å². The lowest BCUT2D eigenvalue weighted by atomic mass is 10.2. The monoisotopic (exact) mass is 240 g/mol. The summed E-state index contributed by atoms with van der Waals surface area (Å²) < 4.78 is 25.1. The number of hydrogen-bond acceptors (Lipinski definition) is 4. The highest BCUT2D eigenvalue weighted by Crippen LogP contribution is 2.27. The average Bonchev–Trinajstić information content (AvgIpc) is 3.00. The first-order valence-electron chi connectivity index (χ1n) is 4.91. The third-order valence-electron chi connectivity index (χ3n) is 2.40. The fourth-order valence-electron chi connectivity index (χ4n) is 1.35. The third kappa shape index (κ3) is 2.16. The Balaban J connectivity index is 2.18. The average molecular weight is 240 g/mol. The van der Waals surface area contributed by atoms with Crippen molar-refractivity contribution in [1.82, 2.24) is 4.72 Å². The molecule has 3 N–H and O–H groups in total. The summed E-state index contributed by atoms with van der Waals surface area (Å²) in [5.74, 6) is -0.662. The number of benzene rings is 1. The van der Waals surface area contributed by atoms with Crippen LogP contribution in [-0.2, 0) is 10.0 Å². The van der Waals surface area contributed by atoms with Crippen molar-refractivity contribution < 1.29 is 13.2 Å². The minimum atomic E-state index is -3.51. The van der Waals surface area contributed by atoms with Crippen LogP contribution in [0.2, 0.25) is 0 Å². The number of carbonyl (C=O) groups excluding carboxylic acids is 1. The van der Waals surface area contributed by atoms with E-state index in [2.05, 4.69) is 0 Å². The molecule has 0 aliphatic heterocycles. The first-order valence-corrected chi connectivity index (χ1v) is 6.46. The molecule has 0 aromatic heterocycles. The molecule has 1 aromatic rings. The van der Waals surface area contributed by atoms with Crippen molar-refractivity contribution in [2.75, 3.05) is 5.73 Å². The summed E-state index contributed by atoms with van der Waals surface area (Å²) in [4.78, 5) is 11.6. The minimum Gasteiger partial charge on any atom is -0.398 e. The summed E-state index contributed by atoms with van der Waals surface area (Å²) in [6, 6.07) is 6.36. The molecule has 0 heterocycles. The Morgan fingerprint density at radius 1 is 1.31 bits per heavy atom. The molecule has 1 amide bonds. The number of para-hydroxylation sites is 1. The molecule has 1 aromatic carbocycles. The number of carbonyl (C=O) groups is 1. The quantitative estimate of drug-likeness (QED) is 0.752. The topological polar surface area (TPSA) is 89.3 Å². The summed E-state index contributed by atoms with van der Waals surface area (Å²) in [6.07, 6.45) is 1.24. The lowest BCUT2D eigenvalue weighted by Crippen LogP contribution is -2.33. The van der Waals surface area contributed by atoms with Gasteiger partial charge < -0.3 is 5.73 Å². The van der Waals surface area contributed by atoms with Gasteiger partial charge in [0.1, 0.15) is 0 Å². The van der Waals surface area contributed by atoms with Crippen molar-refractivity contribution in [3.8, 4) is 0 Å². The Morgan fingerprint density at radius 2 is 1.94 bits per heavy atom. The van der Waals surface area contributed by atoms with Crippen LogP contribution in [0.3, 0.4) is 0 Å². The highest BCUT2D eigenvalue weighted by atomic mass is 32.2. The fraction of sp³-hybridized carbons (Fsp3) is 0.300. The van der Waals surface area contributed by atoms with E-state index in [1.165, 1.54) is 6.07 Å². The molecule has 0 spiro atoms. The van der Waals surface area contributed by atoms with E-state index in [-0.39, 0.29) is 11.3 Å². The molecule has 86 valence electrons. The minimum absolute atomic E-state index is 0.187. The van der Waals surface area contributed by atoms with Gasteiger partial charge in [0.2, 0.25) is 10.0 Å². The van der Waals surface area contributed by atoms with Gasteiger partial charge in [0.25, 0.3) is 5.91 Å². The molecular formula is C10H12N2O3S. The van der Waals surface area contributed by atoms with Gasteiger partial charge >= 0.3 is 0 Å². The zero-order valence-electron chi connectivity index (χ0n) is 8.51. The molecule has 0 atom stereocenters. The van der Waals surface area contributed by atoms with Gasteiger partial charge in [0.15, 0.2) is 0 Å². The second-order valence-electron chi connectivity index (χ2n) is 3.76. The highest BCUT2D eigenvalue weighted by molar-refractivity contribution is 7.91. The number of nitrogen functional groups attached to an aromatic ring is 1. The second-order valence-corrected chi connectivity index (χ2v) is 5.72. The van der Waals surface area contributed by atoms with Crippen molar-refractivity contribution in [2.45, 2.75) is 18.1 Å². The third-order valence-corrected chi connectivity index (χ3v) is 4.22. The van der Waals surface area contributed by atoms with Crippen LogP contribution in [0.4, 0.5) is 5.69 Å². The van der Waals surface area contributed by atoms with Gasteiger partial charge in [-0.25, -0.2) is 13.1 Å². The van der Waals surface area contributed by atoms with Crippen LogP contribution < -0.4 is 10.5 Å². The van der Waals surface area contributed by atoms with Gasteiger partial charge in [-0.1, -0.05) is 12.1 Å². The molecule has 0 saturated heterocycles. The highest BCUT2D eigenvalue weighted by Gasteiger charge is 2.37. The van der Waals surface area contributed by atoms with E-state index in [9.17, 15) is 13.2 Å². The van der Waals surface area contributed by atoms with Crippen molar-refractivity contribution in [2.24, 2.45) is 0 Å². The molecule has 5 nitrogen and oxygen atoms in total. The Hall–Kier alpha value is -1.56. The number of hydrogen-bond donors (Lipinski definition) is 2. The summed E-state index contributed by atoms with van der Waals surface area (Å²) >= 11 is 0. The normalized spacial score (nSPS) is 15.8. The molecule has 6 heteroatoms. The van der Waals surface area contributed by atoms with E-state index in [0.717, 1.165) is 0 Å². The van der Waals surface area contributed by atoms with E-state index in [1.807, 2.05) is 4.72 Å². The molecular weight excluding hydrogens is 228 g/mol. The number of rotatable bonds is 3. The number of anilines is 1. The summed E-state index contributed by atoms with van der Waals surface area (Å²) in [6.45, 7) is 0. The van der Waals surface area contributed by atoms with Crippen LogP contribution in [0.25, 0.3) is 0 Å². The van der Waals surface area contributed by atoms with Crippen molar-refractivity contribution in [1.29, 1.82) is 0 Å². The molecule has 16 heavy (non-hydrogen) atoms. The zero-order chi connectivity index (χ0) is 11.8. The Bertz CT molecular complexity index is 521. The van der Waals surface area contributed by atoms with Gasteiger partial charge in [0, 0.05) is 5.69 Å². The van der Waals surface area contributed by atoms with Gasteiger partial charge in [-0.3, -0.25) is 4.79 Å². The van der Waals surface area contributed by atoms with Crippen LogP contribution >= 0.6 is 0 Å². The van der Waals surface area contributed by atoms with E-state index in [4.69, 9.17) is 5.73 Å². The summed E-state index contributed by atoms with van der Waals surface area (Å²) in [5.41, 5.74) is 6.03. The molecule has 2 rings (SSSR count). The Kier molecular flexibility index (Phi) is 2.59. The first kappa shape index (κ1) is 10.9. The molecule has 0 radical (unpaired) electrons. The maximum atomic E-state index is 11.6. The number of sulfonamides is 1. The Morgan fingerprint density at radius 3 is 2.50 bits per heavy atom. The van der Waals surface area contributed by atoms with Gasteiger partial charge in [-0.15, -0.1) is 0 Å². The second kappa shape index (κ2) is 3.79.